The summed E-state index contributed by atoms with van der Waals surface area (Å²) in [6.45, 7) is 13.3. The number of rotatable bonds is 3. The van der Waals surface area contributed by atoms with E-state index < -0.39 is 0 Å². The quantitative estimate of drug-likeness (QED) is 0.854. The first-order chi connectivity index (χ1) is 11.2. The summed E-state index contributed by atoms with van der Waals surface area (Å²) in [5.41, 5.74) is 1.26. The third-order valence-corrected chi connectivity index (χ3v) is 5.62. The first-order valence-electron chi connectivity index (χ1n) is 9.19. The molecule has 1 amide bonds. The second-order valence-corrected chi connectivity index (χ2v) is 8.99. The van der Waals surface area contributed by atoms with Gasteiger partial charge >= 0.3 is 0 Å². The fraction of sp³-hybridized carbons (Fsp3) is 0.789. The largest absolute Gasteiger partial charge is 0.342 e. The Morgan fingerprint density at radius 1 is 1.25 bits per heavy atom. The van der Waals surface area contributed by atoms with E-state index in [-0.39, 0.29) is 10.8 Å². The molecule has 1 spiro atoms. The van der Waals surface area contributed by atoms with Crippen molar-refractivity contribution in [2.24, 2.45) is 17.9 Å². The van der Waals surface area contributed by atoms with Gasteiger partial charge in [-0.05, 0) is 38.1 Å². The maximum atomic E-state index is 13.2. The molecule has 0 radical (unpaired) electrons. The Bertz CT molecular complexity index is 615. The first-order valence-corrected chi connectivity index (χ1v) is 9.19. The molecule has 1 atom stereocenters. The van der Waals surface area contributed by atoms with E-state index >= 15 is 0 Å². The molecule has 1 aromatic rings. The van der Waals surface area contributed by atoms with Crippen LogP contribution in [0.1, 0.15) is 51.6 Å². The molecule has 1 aromatic heterocycles. The molecular formula is C19H32N4O. The Labute approximate surface area is 146 Å². The van der Waals surface area contributed by atoms with Gasteiger partial charge in [-0.3, -0.25) is 9.69 Å². The first kappa shape index (κ1) is 17.5. The smallest absolute Gasteiger partial charge is 0.230 e. The van der Waals surface area contributed by atoms with Gasteiger partial charge in [-0.25, -0.2) is 4.98 Å². The van der Waals surface area contributed by atoms with E-state index in [1.807, 2.05) is 13.1 Å². The maximum absolute atomic E-state index is 13.2. The molecule has 3 heterocycles. The van der Waals surface area contributed by atoms with Crippen LogP contribution < -0.4 is 0 Å². The molecule has 0 saturated carbocycles. The lowest BCUT2D eigenvalue weighted by Gasteiger charge is -2.42. The number of aromatic nitrogens is 2. The van der Waals surface area contributed by atoms with Gasteiger partial charge in [0.05, 0.1) is 11.1 Å². The van der Waals surface area contributed by atoms with E-state index in [0.717, 1.165) is 57.8 Å². The van der Waals surface area contributed by atoms with Gasteiger partial charge in [0.1, 0.15) is 5.82 Å². The van der Waals surface area contributed by atoms with Crippen molar-refractivity contribution < 1.29 is 4.79 Å². The number of aryl methyl sites for hydroxylation is 1. The van der Waals surface area contributed by atoms with Gasteiger partial charge in [-0.15, -0.1) is 0 Å². The van der Waals surface area contributed by atoms with Crippen molar-refractivity contribution in [1.82, 2.24) is 19.4 Å². The normalized spacial score (nSPS) is 25.9. The lowest BCUT2D eigenvalue weighted by Crippen LogP contribution is -2.52. The molecule has 2 aliphatic rings. The summed E-state index contributed by atoms with van der Waals surface area (Å²) in [5.74, 6) is 1.44. The van der Waals surface area contributed by atoms with Crippen LogP contribution >= 0.6 is 0 Å². The van der Waals surface area contributed by atoms with Crippen molar-refractivity contribution in [3.8, 4) is 0 Å². The average molecular weight is 332 g/mol. The minimum atomic E-state index is -0.142. The second kappa shape index (κ2) is 6.17. The summed E-state index contributed by atoms with van der Waals surface area (Å²) in [6, 6.07) is 0. The summed E-state index contributed by atoms with van der Waals surface area (Å²) in [7, 11) is 2.07. The molecule has 134 valence electrons. The van der Waals surface area contributed by atoms with E-state index in [0.29, 0.717) is 5.91 Å². The highest BCUT2D eigenvalue weighted by molar-refractivity contribution is 5.84. The molecule has 2 aliphatic heterocycles. The van der Waals surface area contributed by atoms with Crippen LogP contribution in [0.25, 0.3) is 0 Å². The second-order valence-electron chi connectivity index (χ2n) is 8.99. The molecule has 0 N–H and O–H groups in total. The molecule has 2 saturated heterocycles. The molecule has 2 fully saturated rings. The number of hydrogen-bond donors (Lipinski definition) is 0. The number of carbonyl (C=O) groups excluding carboxylic acids is 1. The van der Waals surface area contributed by atoms with Gasteiger partial charge in [0.15, 0.2) is 0 Å². The predicted octanol–water partition coefficient (Wildman–Crippen LogP) is 2.59. The van der Waals surface area contributed by atoms with E-state index in [1.54, 1.807) is 0 Å². The van der Waals surface area contributed by atoms with Crippen LogP contribution in [-0.2, 0) is 18.4 Å². The summed E-state index contributed by atoms with van der Waals surface area (Å²) in [4.78, 5) is 22.1. The summed E-state index contributed by atoms with van der Waals surface area (Å²) >= 11 is 0. The number of hydrogen-bond acceptors (Lipinski definition) is 3. The molecule has 5 nitrogen and oxygen atoms in total. The minimum Gasteiger partial charge on any atom is -0.342 e. The molecule has 24 heavy (non-hydrogen) atoms. The lowest BCUT2D eigenvalue weighted by molar-refractivity contribution is -0.147. The fourth-order valence-corrected chi connectivity index (χ4v) is 4.27. The van der Waals surface area contributed by atoms with E-state index in [1.165, 1.54) is 5.69 Å². The number of likely N-dealkylation sites (tertiary alicyclic amines) is 2. The average Bonchev–Trinajstić information content (AvgIpc) is 3.03. The molecule has 0 aromatic carbocycles. The fourth-order valence-electron chi connectivity index (χ4n) is 4.27. The maximum Gasteiger partial charge on any atom is 0.230 e. The van der Waals surface area contributed by atoms with Crippen LogP contribution in [0.15, 0.2) is 6.20 Å². The molecule has 1 unspecified atom stereocenters. The molecule has 0 aliphatic carbocycles. The zero-order valence-electron chi connectivity index (χ0n) is 15.9. The lowest BCUT2D eigenvalue weighted by atomic mass is 9.77. The number of imidazole rings is 1. The third-order valence-electron chi connectivity index (χ3n) is 5.62. The van der Waals surface area contributed by atoms with Crippen molar-refractivity contribution in [3.05, 3.63) is 17.7 Å². The standard InChI is InChI=1S/C19H32N4O/c1-15-20-11-16(21(15)5)12-22-10-8-19(14-22)7-6-9-23(17(19)24)13-18(2,3)4/h11H,6-10,12-14H2,1-5H3. The zero-order chi connectivity index (χ0) is 17.5. The van der Waals surface area contributed by atoms with Crippen molar-refractivity contribution in [2.75, 3.05) is 26.2 Å². The highest BCUT2D eigenvalue weighted by Gasteiger charge is 2.48. The van der Waals surface area contributed by atoms with Gasteiger partial charge in [0.2, 0.25) is 5.91 Å². The predicted molar refractivity (Wildman–Crippen MR) is 95.5 cm³/mol. The van der Waals surface area contributed by atoms with E-state index in [4.69, 9.17) is 0 Å². The summed E-state index contributed by atoms with van der Waals surface area (Å²) < 4.78 is 2.15. The van der Waals surface area contributed by atoms with Crippen LogP contribution in [0, 0.1) is 17.8 Å². The molecule has 3 rings (SSSR count). The van der Waals surface area contributed by atoms with Crippen LogP contribution in [0.3, 0.4) is 0 Å². The van der Waals surface area contributed by atoms with Gasteiger partial charge < -0.3 is 9.47 Å². The van der Waals surface area contributed by atoms with E-state index in [2.05, 4.69) is 47.2 Å². The van der Waals surface area contributed by atoms with Crippen LogP contribution in [-0.4, -0.2) is 51.4 Å². The Morgan fingerprint density at radius 2 is 2.00 bits per heavy atom. The summed E-state index contributed by atoms with van der Waals surface area (Å²) in [5, 5.41) is 0. The van der Waals surface area contributed by atoms with Crippen LogP contribution in [0.4, 0.5) is 0 Å². The van der Waals surface area contributed by atoms with Crippen molar-refractivity contribution in [1.29, 1.82) is 0 Å². The Morgan fingerprint density at radius 3 is 2.62 bits per heavy atom. The highest BCUT2D eigenvalue weighted by atomic mass is 16.2. The molecule has 0 bridgehead atoms. The number of piperidine rings is 1. The van der Waals surface area contributed by atoms with Crippen molar-refractivity contribution >= 4 is 5.91 Å². The SMILES string of the molecule is Cc1ncc(CN2CCC3(CCCN(CC(C)(C)C)C3=O)C2)n1C. The van der Waals surface area contributed by atoms with Crippen molar-refractivity contribution in [2.45, 2.75) is 53.5 Å². The number of nitrogens with zero attached hydrogens (tertiary/aromatic N) is 4. The molecule has 5 heteroatoms. The Balaban J connectivity index is 1.68. The third kappa shape index (κ3) is 3.37. The van der Waals surface area contributed by atoms with Crippen LogP contribution in [0.2, 0.25) is 0 Å². The van der Waals surface area contributed by atoms with Gasteiger partial charge in [-0.1, -0.05) is 20.8 Å². The van der Waals surface area contributed by atoms with Gasteiger partial charge in [-0.2, -0.15) is 0 Å². The van der Waals surface area contributed by atoms with Gasteiger partial charge in [0.25, 0.3) is 0 Å². The van der Waals surface area contributed by atoms with Crippen molar-refractivity contribution in [3.63, 3.8) is 0 Å². The zero-order valence-corrected chi connectivity index (χ0v) is 15.9. The van der Waals surface area contributed by atoms with Gasteiger partial charge in [0, 0.05) is 39.4 Å². The number of amides is 1. The number of carbonyl (C=O) groups is 1. The highest BCUT2D eigenvalue weighted by Crippen LogP contribution is 2.41. The molecular weight excluding hydrogens is 300 g/mol. The topological polar surface area (TPSA) is 41.4 Å². The monoisotopic (exact) mass is 332 g/mol. The Kier molecular flexibility index (Phi) is 4.49. The Hall–Kier alpha value is -1.36. The van der Waals surface area contributed by atoms with Crippen LogP contribution in [0.5, 0.6) is 0 Å². The minimum absolute atomic E-state index is 0.142. The summed E-state index contributed by atoms with van der Waals surface area (Å²) in [6.07, 6.45) is 5.16. The van der Waals surface area contributed by atoms with E-state index in [9.17, 15) is 4.79 Å².